The van der Waals surface area contributed by atoms with Gasteiger partial charge in [0.15, 0.2) is 11.9 Å². The van der Waals surface area contributed by atoms with Crippen molar-refractivity contribution in [2.24, 2.45) is 0 Å². The molecule has 12 heavy (non-hydrogen) atoms. The van der Waals surface area contributed by atoms with Gasteiger partial charge in [-0.2, -0.15) is 17.7 Å². The van der Waals surface area contributed by atoms with Crippen molar-refractivity contribution in [2.45, 2.75) is 19.6 Å². The van der Waals surface area contributed by atoms with Gasteiger partial charge in [-0.05, 0) is 0 Å². The molecule has 0 aromatic carbocycles. The normalized spacial score (nSPS) is 11.7. The number of nitrogens with zero attached hydrogens (tertiary/aromatic N) is 1. The first-order valence-electron chi connectivity index (χ1n) is 3.51. The Morgan fingerprint density at radius 3 is 2.50 bits per heavy atom. The summed E-state index contributed by atoms with van der Waals surface area (Å²) in [5, 5.41) is 0. The summed E-state index contributed by atoms with van der Waals surface area (Å²) in [6.45, 7) is 0.728. The highest BCUT2D eigenvalue weighted by Gasteiger charge is 2.33. The van der Waals surface area contributed by atoms with Crippen LogP contribution in [0.3, 0.4) is 0 Å². The second-order valence-corrected chi connectivity index (χ2v) is 2.59. The largest absolute Gasteiger partial charge is 0.448 e. The Morgan fingerprint density at radius 2 is 2.00 bits per heavy atom. The van der Waals surface area contributed by atoms with Crippen LogP contribution in [0, 0.1) is 6.92 Å². The Hall–Kier alpha value is -1.06. The van der Waals surface area contributed by atoms with Gasteiger partial charge in [-0.3, -0.25) is 0 Å². The number of aryl methyl sites for hydroxylation is 1. The molecule has 0 atom stereocenters. The van der Waals surface area contributed by atoms with Gasteiger partial charge in [0.05, 0.1) is 0 Å². The van der Waals surface area contributed by atoms with E-state index in [0.29, 0.717) is 5.69 Å². The zero-order valence-corrected chi connectivity index (χ0v) is 6.60. The first kappa shape index (κ1) is 9.03. The lowest BCUT2D eigenvalue weighted by molar-refractivity contribution is -0.724. The molecule has 0 N–H and O–H groups in total. The molecule has 1 heterocycles. The van der Waals surface area contributed by atoms with E-state index in [9.17, 15) is 13.2 Å². The van der Waals surface area contributed by atoms with Gasteiger partial charge in [-0.25, -0.2) is 0 Å². The van der Waals surface area contributed by atoms with Crippen LogP contribution in [0.25, 0.3) is 0 Å². The molecule has 1 nitrogen and oxygen atoms in total. The molecule has 0 unspecified atom stereocenters. The Labute approximate surface area is 68.5 Å². The fraction of sp³-hybridized carbons (Fsp3) is 0.375. The fourth-order valence-corrected chi connectivity index (χ4v) is 0.932. The summed E-state index contributed by atoms with van der Waals surface area (Å²) in [5.41, 5.74) is 0.606. The lowest BCUT2D eigenvalue weighted by atomic mass is 10.3. The second-order valence-electron chi connectivity index (χ2n) is 2.59. The topological polar surface area (TPSA) is 3.88 Å². The van der Waals surface area contributed by atoms with Gasteiger partial charge in [0, 0.05) is 19.1 Å². The van der Waals surface area contributed by atoms with Crippen LogP contribution in [-0.2, 0) is 6.54 Å². The fourth-order valence-electron chi connectivity index (χ4n) is 0.932. The van der Waals surface area contributed by atoms with Crippen molar-refractivity contribution in [3.05, 3.63) is 30.1 Å². The number of hydrogen-bond donors (Lipinski definition) is 0. The van der Waals surface area contributed by atoms with Crippen molar-refractivity contribution in [2.75, 3.05) is 0 Å². The molecule has 0 spiro atoms. The number of aromatic nitrogens is 1. The van der Waals surface area contributed by atoms with Crippen molar-refractivity contribution < 1.29 is 17.7 Å². The lowest BCUT2D eigenvalue weighted by Crippen LogP contribution is -2.43. The van der Waals surface area contributed by atoms with Crippen molar-refractivity contribution in [3.63, 3.8) is 0 Å². The Kier molecular flexibility index (Phi) is 2.35. The predicted molar refractivity (Wildman–Crippen MR) is 37.4 cm³/mol. The molecule has 0 radical (unpaired) electrons. The standard InChI is InChI=1S/C8H9F3N/c1-7-4-2-3-5-12(7)6-8(9,10)11/h2-5H,6H2,1H3/q+1. The molecule has 1 rings (SSSR count). The summed E-state index contributed by atoms with van der Waals surface area (Å²) in [7, 11) is 0. The van der Waals surface area contributed by atoms with E-state index in [-0.39, 0.29) is 0 Å². The van der Waals surface area contributed by atoms with Gasteiger partial charge in [0.1, 0.15) is 0 Å². The van der Waals surface area contributed by atoms with E-state index >= 15 is 0 Å². The quantitative estimate of drug-likeness (QED) is 0.575. The van der Waals surface area contributed by atoms with E-state index in [4.69, 9.17) is 0 Å². The third-order valence-electron chi connectivity index (χ3n) is 1.52. The van der Waals surface area contributed by atoms with Gasteiger partial charge >= 0.3 is 6.18 Å². The lowest BCUT2D eigenvalue weighted by Gasteiger charge is -2.03. The maximum absolute atomic E-state index is 11.9. The molecular weight excluding hydrogens is 167 g/mol. The van der Waals surface area contributed by atoms with Gasteiger partial charge in [0.25, 0.3) is 0 Å². The van der Waals surface area contributed by atoms with E-state index in [1.165, 1.54) is 10.8 Å². The van der Waals surface area contributed by atoms with Crippen LogP contribution in [0.4, 0.5) is 13.2 Å². The van der Waals surface area contributed by atoms with Gasteiger partial charge in [-0.1, -0.05) is 6.07 Å². The molecule has 66 valence electrons. The third kappa shape index (κ3) is 2.53. The first-order chi connectivity index (χ1) is 5.49. The molecular formula is C8H9F3N+. The van der Waals surface area contributed by atoms with Crippen molar-refractivity contribution >= 4 is 0 Å². The third-order valence-corrected chi connectivity index (χ3v) is 1.52. The van der Waals surface area contributed by atoms with Crippen molar-refractivity contribution in [3.8, 4) is 0 Å². The molecule has 0 aliphatic carbocycles. The van der Waals surface area contributed by atoms with Gasteiger partial charge in [-0.15, -0.1) is 0 Å². The van der Waals surface area contributed by atoms with Gasteiger partial charge in [0.2, 0.25) is 6.54 Å². The van der Waals surface area contributed by atoms with E-state index < -0.39 is 12.7 Å². The van der Waals surface area contributed by atoms with Crippen LogP contribution in [-0.4, -0.2) is 6.18 Å². The van der Waals surface area contributed by atoms with Crippen molar-refractivity contribution in [1.29, 1.82) is 0 Å². The zero-order valence-electron chi connectivity index (χ0n) is 6.60. The minimum atomic E-state index is -4.14. The van der Waals surface area contributed by atoms with Crippen LogP contribution in [0.2, 0.25) is 0 Å². The summed E-state index contributed by atoms with van der Waals surface area (Å²) < 4.78 is 36.9. The van der Waals surface area contributed by atoms with Crippen molar-refractivity contribution in [1.82, 2.24) is 0 Å². The molecule has 0 aliphatic rings. The highest BCUT2D eigenvalue weighted by molar-refractivity contribution is 4.94. The summed E-state index contributed by atoms with van der Waals surface area (Å²) in [6, 6.07) is 4.94. The number of rotatable bonds is 1. The van der Waals surface area contributed by atoms with E-state index in [1.807, 2.05) is 0 Å². The molecule has 1 aromatic rings. The molecule has 0 saturated carbocycles. The van der Waals surface area contributed by atoms with Gasteiger partial charge < -0.3 is 0 Å². The summed E-state index contributed by atoms with van der Waals surface area (Å²) in [5.74, 6) is 0. The highest BCUT2D eigenvalue weighted by Crippen LogP contribution is 2.14. The van der Waals surface area contributed by atoms with Crippen LogP contribution in [0.1, 0.15) is 5.69 Å². The number of halogens is 3. The highest BCUT2D eigenvalue weighted by atomic mass is 19.4. The SMILES string of the molecule is Cc1cccc[n+]1CC(F)(F)F. The van der Waals surface area contributed by atoms with E-state index in [2.05, 4.69) is 0 Å². The Bertz CT molecular complexity index is 267. The first-order valence-corrected chi connectivity index (χ1v) is 3.51. The molecule has 0 bridgehead atoms. The summed E-state index contributed by atoms with van der Waals surface area (Å²) in [6.07, 6.45) is -2.72. The number of pyridine rings is 1. The van der Waals surface area contributed by atoms with Crippen LogP contribution in [0.5, 0.6) is 0 Å². The number of hydrogen-bond acceptors (Lipinski definition) is 0. The minimum Gasteiger partial charge on any atom is -0.193 e. The molecule has 0 amide bonds. The average Bonchev–Trinajstić information content (AvgIpc) is 1.91. The van der Waals surface area contributed by atoms with Crippen LogP contribution < -0.4 is 4.57 Å². The second kappa shape index (κ2) is 3.13. The molecule has 1 aromatic heterocycles. The smallest absolute Gasteiger partial charge is 0.193 e. The summed E-state index contributed by atoms with van der Waals surface area (Å²) >= 11 is 0. The van der Waals surface area contributed by atoms with E-state index in [0.717, 1.165) is 0 Å². The summed E-state index contributed by atoms with van der Waals surface area (Å²) in [4.78, 5) is 0. The number of alkyl halides is 3. The van der Waals surface area contributed by atoms with E-state index in [1.54, 1.807) is 25.1 Å². The van der Waals surface area contributed by atoms with Crippen LogP contribution in [0.15, 0.2) is 24.4 Å². The predicted octanol–water partition coefficient (Wildman–Crippen LogP) is 1.84. The molecule has 0 aliphatic heterocycles. The maximum atomic E-state index is 11.9. The Balaban J connectivity index is 2.83. The molecule has 0 fully saturated rings. The Morgan fingerprint density at radius 1 is 1.33 bits per heavy atom. The zero-order chi connectivity index (χ0) is 9.19. The van der Waals surface area contributed by atoms with Crippen LogP contribution >= 0.6 is 0 Å². The average molecular weight is 176 g/mol. The molecule has 0 saturated heterocycles. The maximum Gasteiger partial charge on any atom is 0.448 e. The molecule has 4 heteroatoms. The monoisotopic (exact) mass is 176 g/mol. The minimum absolute atomic E-state index is 0.606.